The number of halogens is 1. The number of thiophene rings is 1. The maximum atomic E-state index is 13.0. The molecule has 1 saturated heterocycles. The smallest absolute Gasteiger partial charge is 0.263 e. The molecule has 150 valence electrons. The van der Waals surface area contributed by atoms with E-state index in [1.54, 1.807) is 29.2 Å². The lowest BCUT2D eigenvalue weighted by Crippen LogP contribution is -2.45. The highest BCUT2D eigenvalue weighted by Gasteiger charge is 2.29. The van der Waals surface area contributed by atoms with Gasteiger partial charge in [-0.2, -0.15) is 0 Å². The first-order valence-electron chi connectivity index (χ1n) is 9.55. The minimum Gasteiger partial charge on any atom is -0.459 e. The zero-order chi connectivity index (χ0) is 20.2. The topological polar surface area (TPSA) is 62.6 Å². The minimum absolute atomic E-state index is 0.00697. The van der Waals surface area contributed by atoms with Gasteiger partial charge in [-0.15, -0.1) is 11.3 Å². The number of nitrogens with one attached hydrogen (secondary N) is 1. The number of amides is 2. The minimum atomic E-state index is -0.299. The van der Waals surface area contributed by atoms with Gasteiger partial charge in [0, 0.05) is 18.7 Å². The first kappa shape index (κ1) is 19.4. The molecule has 7 heteroatoms. The summed E-state index contributed by atoms with van der Waals surface area (Å²) in [6.45, 7) is 1.39. The van der Waals surface area contributed by atoms with E-state index in [1.165, 1.54) is 23.5 Å². The normalized spacial score (nSPS) is 16.6. The zero-order valence-corrected chi connectivity index (χ0v) is 16.6. The molecular formula is C22H21FN2O3S. The van der Waals surface area contributed by atoms with Gasteiger partial charge in [-0.1, -0.05) is 6.07 Å². The van der Waals surface area contributed by atoms with Crippen LogP contribution in [-0.2, 0) is 11.3 Å². The van der Waals surface area contributed by atoms with E-state index in [0.29, 0.717) is 29.5 Å². The Morgan fingerprint density at radius 2 is 2.00 bits per heavy atom. The second kappa shape index (κ2) is 8.61. The Morgan fingerprint density at radius 1 is 1.17 bits per heavy atom. The number of carbonyl (C=O) groups is 2. The zero-order valence-electron chi connectivity index (χ0n) is 15.8. The molecule has 29 heavy (non-hydrogen) atoms. The standard InChI is InChI=1S/C22H21FN2O3S/c23-17-7-5-15(6-8-17)19-10-9-18(28-19)13-24-21(26)16-3-1-11-25(14-16)22(27)20-4-2-12-29-20/h2,4-10,12,16H,1,3,11,13-14H2,(H,24,26)/t16-/m0/s1. The lowest BCUT2D eigenvalue weighted by Gasteiger charge is -2.31. The lowest BCUT2D eigenvalue weighted by atomic mass is 9.97. The third-order valence-electron chi connectivity index (χ3n) is 5.04. The van der Waals surface area contributed by atoms with Gasteiger partial charge in [-0.05, 0) is 60.7 Å². The van der Waals surface area contributed by atoms with Crippen LogP contribution in [0, 0.1) is 11.7 Å². The van der Waals surface area contributed by atoms with E-state index < -0.39 is 0 Å². The average molecular weight is 412 g/mol. The summed E-state index contributed by atoms with van der Waals surface area (Å²) in [6.07, 6.45) is 1.57. The summed E-state index contributed by atoms with van der Waals surface area (Å²) in [5.74, 6) is 0.645. The molecule has 0 aliphatic carbocycles. The van der Waals surface area contributed by atoms with E-state index in [9.17, 15) is 14.0 Å². The fourth-order valence-electron chi connectivity index (χ4n) is 3.49. The number of nitrogens with zero attached hydrogens (tertiary/aromatic N) is 1. The largest absolute Gasteiger partial charge is 0.459 e. The van der Waals surface area contributed by atoms with Crippen molar-refractivity contribution >= 4 is 23.2 Å². The maximum absolute atomic E-state index is 13.0. The van der Waals surface area contributed by atoms with Crippen LogP contribution in [-0.4, -0.2) is 29.8 Å². The first-order chi connectivity index (χ1) is 14.1. The van der Waals surface area contributed by atoms with E-state index in [-0.39, 0.29) is 30.1 Å². The molecule has 0 bridgehead atoms. The molecule has 1 N–H and O–H groups in total. The third-order valence-corrected chi connectivity index (χ3v) is 5.90. The summed E-state index contributed by atoms with van der Waals surface area (Å²) in [4.78, 5) is 27.6. The van der Waals surface area contributed by atoms with Crippen molar-refractivity contribution in [1.82, 2.24) is 10.2 Å². The second-order valence-corrected chi connectivity index (χ2v) is 8.01. The van der Waals surface area contributed by atoms with Crippen LogP contribution in [0.25, 0.3) is 11.3 Å². The number of piperidine rings is 1. The average Bonchev–Trinajstić information content (AvgIpc) is 3.44. The summed E-state index contributed by atoms with van der Waals surface area (Å²) in [7, 11) is 0. The van der Waals surface area contributed by atoms with Gasteiger partial charge in [0.25, 0.3) is 5.91 Å². The number of hydrogen-bond donors (Lipinski definition) is 1. The van der Waals surface area contributed by atoms with Crippen molar-refractivity contribution in [3.63, 3.8) is 0 Å². The molecule has 1 aliphatic rings. The van der Waals surface area contributed by atoms with Gasteiger partial charge in [-0.3, -0.25) is 9.59 Å². The van der Waals surface area contributed by atoms with Crippen molar-refractivity contribution in [2.45, 2.75) is 19.4 Å². The highest BCUT2D eigenvalue weighted by Crippen LogP contribution is 2.23. The van der Waals surface area contributed by atoms with E-state index in [0.717, 1.165) is 18.4 Å². The van der Waals surface area contributed by atoms with Crippen LogP contribution in [0.1, 0.15) is 28.3 Å². The Hall–Kier alpha value is -2.93. The Kier molecular flexibility index (Phi) is 5.76. The van der Waals surface area contributed by atoms with Gasteiger partial charge in [0.2, 0.25) is 5.91 Å². The predicted molar refractivity (Wildman–Crippen MR) is 109 cm³/mol. The van der Waals surface area contributed by atoms with Crippen LogP contribution in [0.2, 0.25) is 0 Å². The number of hydrogen-bond acceptors (Lipinski definition) is 4. The molecule has 1 atom stereocenters. The molecular weight excluding hydrogens is 391 g/mol. The van der Waals surface area contributed by atoms with Crippen LogP contribution < -0.4 is 5.32 Å². The number of rotatable bonds is 5. The third kappa shape index (κ3) is 4.56. The van der Waals surface area contributed by atoms with Crippen molar-refractivity contribution in [3.8, 4) is 11.3 Å². The van der Waals surface area contributed by atoms with Crippen molar-refractivity contribution in [2.75, 3.05) is 13.1 Å². The first-order valence-corrected chi connectivity index (χ1v) is 10.4. The van der Waals surface area contributed by atoms with Crippen LogP contribution in [0.3, 0.4) is 0 Å². The number of furan rings is 1. The molecule has 2 amide bonds. The summed E-state index contributed by atoms with van der Waals surface area (Å²) < 4.78 is 18.8. The van der Waals surface area contributed by atoms with Gasteiger partial charge in [0.1, 0.15) is 17.3 Å². The molecule has 0 spiro atoms. The molecule has 0 unspecified atom stereocenters. The molecule has 1 fully saturated rings. The quantitative estimate of drug-likeness (QED) is 0.679. The van der Waals surface area contributed by atoms with Crippen molar-refractivity contribution in [1.29, 1.82) is 0 Å². The second-order valence-electron chi connectivity index (χ2n) is 7.06. The van der Waals surface area contributed by atoms with Crippen LogP contribution in [0.15, 0.2) is 58.3 Å². The molecule has 4 rings (SSSR count). The van der Waals surface area contributed by atoms with Crippen molar-refractivity contribution in [2.24, 2.45) is 5.92 Å². The van der Waals surface area contributed by atoms with E-state index in [2.05, 4.69) is 5.32 Å². The van der Waals surface area contributed by atoms with Crippen molar-refractivity contribution in [3.05, 3.63) is 70.4 Å². The Bertz CT molecular complexity index is 982. The summed E-state index contributed by atoms with van der Waals surface area (Å²) in [6, 6.07) is 13.3. The Labute approximate surface area is 172 Å². The molecule has 1 aliphatic heterocycles. The molecule has 0 saturated carbocycles. The monoisotopic (exact) mass is 412 g/mol. The van der Waals surface area contributed by atoms with Crippen LogP contribution >= 0.6 is 11.3 Å². The number of likely N-dealkylation sites (tertiary alicyclic amines) is 1. The molecule has 5 nitrogen and oxygen atoms in total. The number of benzene rings is 1. The van der Waals surface area contributed by atoms with Gasteiger partial charge < -0.3 is 14.6 Å². The maximum Gasteiger partial charge on any atom is 0.263 e. The number of carbonyl (C=O) groups excluding carboxylic acids is 2. The Balaban J connectivity index is 1.32. The summed E-state index contributed by atoms with van der Waals surface area (Å²) in [5.41, 5.74) is 0.777. The molecule has 2 aromatic heterocycles. The van der Waals surface area contributed by atoms with Crippen LogP contribution in [0.4, 0.5) is 4.39 Å². The highest BCUT2D eigenvalue weighted by molar-refractivity contribution is 7.12. The van der Waals surface area contributed by atoms with E-state index in [1.807, 2.05) is 17.5 Å². The van der Waals surface area contributed by atoms with Gasteiger partial charge in [-0.25, -0.2) is 4.39 Å². The van der Waals surface area contributed by atoms with Gasteiger partial charge >= 0.3 is 0 Å². The van der Waals surface area contributed by atoms with E-state index in [4.69, 9.17) is 4.42 Å². The molecule has 3 heterocycles. The van der Waals surface area contributed by atoms with Crippen LogP contribution in [0.5, 0.6) is 0 Å². The van der Waals surface area contributed by atoms with Gasteiger partial charge in [0.15, 0.2) is 0 Å². The Morgan fingerprint density at radius 3 is 2.76 bits per heavy atom. The molecule has 0 radical (unpaired) electrons. The fourth-order valence-corrected chi connectivity index (χ4v) is 4.18. The summed E-state index contributed by atoms with van der Waals surface area (Å²) in [5, 5.41) is 4.79. The highest BCUT2D eigenvalue weighted by atomic mass is 32.1. The predicted octanol–water partition coefficient (Wildman–Crippen LogP) is 4.32. The fraction of sp³-hybridized carbons (Fsp3) is 0.273. The molecule has 3 aromatic rings. The van der Waals surface area contributed by atoms with Gasteiger partial charge in [0.05, 0.1) is 17.3 Å². The summed E-state index contributed by atoms with van der Waals surface area (Å²) >= 11 is 1.42. The molecule has 1 aromatic carbocycles. The lowest BCUT2D eigenvalue weighted by molar-refractivity contribution is -0.126. The van der Waals surface area contributed by atoms with E-state index >= 15 is 0 Å². The van der Waals surface area contributed by atoms with Crippen molar-refractivity contribution < 1.29 is 18.4 Å². The SMILES string of the molecule is O=C(NCc1ccc(-c2ccc(F)cc2)o1)[C@H]1CCCN(C(=O)c2cccs2)C1.